The van der Waals surface area contributed by atoms with E-state index in [-0.39, 0.29) is 31.1 Å². The summed E-state index contributed by atoms with van der Waals surface area (Å²) in [4.78, 5) is 37.5. The fourth-order valence-corrected chi connectivity index (χ4v) is 6.06. The van der Waals surface area contributed by atoms with Crippen molar-refractivity contribution in [3.8, 4) is 0 Å². The highest BCUT2D eigenvalue weighted by Crippen LogP contribution is 2.16. The van der Waals surface area contributed by atoms with Crippen molar-refractivity contribution in [2.75, 3.05) is 13.2 Å². The molecule has 48 heavy (non-hydrogen) atoms. The SMILES string of the molecule is CCCCCCCCCCCCC(=O)OC[C@@H](COC(=O)CCCCCCCCC(C)CC)OC(=O)CCCCCCCCCCCC. The second kappa shape index (κ2) is 36.7. The molecule has 0 aliphatic carbocycles. The molecule has 0 spiro atoms. The molecule has 284 valence electrons. The molecule has 6 nitrogen and oxygen atoms in total. The fourth-order valence-electron chi connectivity index (χ4n) is 6.06. The van der Waals surface area contributed by atoms with Crippen LogP contribution in [0, 0.1) is 5.92 Å². The highest BCUT2D eigenvalue weighted by atomic mass is 16.6. The van der Waals surface area contributed by atoms with Gasteiger partial charge in [-0.05, 0) is 25.2 Å². The van der Waals surface area contributed by atoms with Gasteiger partial charge in [0.15, 0.2) is 6.10 Å². The summed E-state index contributed by atoms with van der Waals surface area (Å²) >= 11 is 0. The van der Waals surface area contributed by atoms with Gasteiger partial charge in [-0.25, -0.2) is 0 Å². The largest absolute Gasteiger partial charge is 0.462 e. The molecule has 0 saturated heterocycles. The zero-order valence-electron chi connectivity index (χ0n) is 32.4. The molecular weight excluding hydrogens is 600 g/mol. The third kappa shape index (κ3) is 34.3. The van der Waals surface area contributed by atoms with Crippen molar-refractivity contribution in [2.45, 2.75) is 233 Å². The summed E-state index contributed by atoms with van der Waals surface area (Å²) in [6.07, 6.45) is 33.7. The Bertz CT molecular complexity index is 723. The van der Waals surface area contributed by atoms with Crippen molar-refractivity contribution >= 4 is 17.9 Å². The van der Waals surface area contributed by atoms with Gasteiger partial charge in [0.05, 0.1) is 0 Å². The summed E-state index contributed by atoms with van der Waals surface area (Å²) in [7, 11) is 0. The van der Waals surface area contributed by atoms with E-state index >= 15 is 0 Å². The van der Waals surface area contributed by atoms with Crippen LogP contribution < -0.4 is 0 Å². The molecule has 0 bridgehead atoms. The van der Waals surface area contributed by atoms with Crippen molar-refractivity contribution in [3.05, 3.63) is 0 Å². The van der Waals surface area contributed by atoms with E-state index in [2.05, 4.69) is 27.7 Å². The Morgan fingerprint density at radius 3 is 1.08 bits per heavy atom. The third-order valence-corrected chi connectivity index (χ3v) is 9.65. The minimum absolute atomic E-state index is 0.0652. The average molecular weight is 681 g/mol. The minimum atomic E-state index is -0.758. The number of ether oxygens (including phenoxy) is 3. The number of carbonyl (C=O) groups is 3. The van der Waals surface area contributed by atoms with Gasteiger partial charge in [0, 0.05) is 19.3 Å². The molecule has 0 fully saturated rings. The molecule has 0 aromatic rings. The molecule has 0 rings (SSSR count). The average Bonchev–Trinajstić information content (AvgIpc) is 3.08. The Morgan fingerprint density at radius 2 is 0.729 bits per heavy atom. The Hall–Kier alpha value is -1.59. The smallest absolute Gasteiger partial charge is 0.306 e. The molecule has 0 saturated carbocycles. The molecule has 0 aromatic carbocycles. The van der Waals surface area contributed by atoms with Gasteiger partial charge in [-0.2, -0.15) is 0 Å². The van der Waals surface area contributed by atoms with E-state index in [9.17, 15) is 14.4 Å². The van der Waals surface area contributed by atoms with Crippen LogP contribution in [0.1, 0.15) is 227 Å². The van der Waals surface area contributed by atoms with Crippen LogP contribution >= 0.6 is 0 Å². The van der Waals surface area contributed by atoms with E-state index in [4.69, 9.17) is 14.2 Å². The molecule has 0 aromatic heterocycles. The highest BCUT2D eigenvalue weighted by molar-refractivity contribution is 5.71. The van der Waals surface area contributed by atoms with E-state index in [1.165, 1.54) is 122 Å². The number of hydrogen-bond donors (Lipinski definition) is 0. The highest BCUT2D eigenvalue weighted by Gasteiger charge is 2.19. The zero-order chi connectivity index (χ0) is 35.3. The van der Waals surface area contributed by atoms with Gasteiger partial charge in [-0.1, -0.05) is 188 Å². The van der Waals surface area contributed by atoms with Crippen LogP contribution in [0.4, 0.5) is 0 Å². The first kappa shape index (κ1) is 46.4. The van der Waals surface area contributed by atoms with Crippen molar-refractivity contribution < 1.29 is 28.6 Å². The van der Waals surface area contributed by atoms with Gasteiger partial charge in [0.25, 0.3) is 0 Å². The van der Waals surface area contributed by atoms with Crippen molar-refractivity contribution in [1.82, 2.24) is 0 Å². The van der Waals surface area contributed by atoms with Crippen LogP contribution in [0.15, 0.2) is 0 Å². The van der Waals surface area contributed by atoms with Gasteiger partial charge in [0.2, 0.25) is 0 Å². The van der Waals surface area contributed by atoms with Gasteiger partial charge in [-0.3, -0.25) is 14.4 Å². The number of hydrogen-bond acceptors (Lipinski definition) is 6. The van der Waals surface area contributed by atoms with Crippen LogP contribution in [0.3, 0.4) is 0 Å². The second-order valence-corrected chi connectivity index (χ2v) is 14.5. The summed E-state index contributed by atoms with van der Waals surface area (Å²) in [6.45, 7) is 8.92. The predicted octanol–water partition coefficient (Wildman–Crippen LogP) is 12.8. The van der Waals surface area contributed by atoms with Crippen LogP contribution in [0.2, 0.25) is 0 Å². The molecule has 0 aliphatic rings. The van der Waals surface area contributed by atoms with Crippen molar-refractivity contribution in [2.24, 2.45) is 5.92 Å². The van der Waals surface area contributed by atoms with Gasteiger partial charge >= 0.3 is 17.9 Å². The number of unbranched alkanes of at least 4 members (excludes halogenated alkanes) is 23. The molecule has 1 unspecified atom stereocenters. The zero-order valence-corrected chi connectivity index (χ0v) is 32.4. The van der Waals surface area contributed by atoms with Crippen LogP contribution in [-0.2, 0) is 28.6 Å². The van der Waals surface area contributed by atoms with Gasteiger partial charge < -0.3 is 14.2 Å². The molecule has 0 N–H and O–H groups in total. The maximum atomic E-state index is 12.6. The molecule has 0 aliphatic heterocycles. The number of esters is 3. The molecule has 0 radical (unpaired) electrons. The van der Waals surface area contributed by atoms with Gasteiger partial charge in [-0.15, -0.1) is 0 Å². The standard InChI is InChI=1S/C42H80O6/c1-5-8-10-12-14-16-18-20-25-29-33-40(43)46-36-39(48-42(45)35-31-27-21-19-17-15-13-11-9-6-2)37-47-41(44)34-30-26-23-22-24-28-32-38(4)7-3/h38-39H,5-37H2,1-4H3/t38?,39-/m0/s1. The topological polar surface area (TPSA) is 78.9 Å². The van der Waals surface area contributed by atoms with E-state index in [0.29, 0.717) is 19.3 Å². The second-order valence-electron chi connectivity index (χ2n) is 14.5. The van der Waals surface area contributed by atoms with E-state index in [0.717, 1.165) is 63.7 Å². The number of carbonyl (C=O) groups excluding carboxylic acids is 3. The van der Waals surface area contributed by atoms with E-state index in [1.807, 2.05) is 0 Å². The monoisotopic (exact) mass is 681 g/mol. The molecule has 6 heteroatoms. The van der Waals surface area contributed by atoms with Crippen molar-refractivity contribution in [1.29, 1.82) is 0 Å². The first-order valence-corrected chi connectivity index (χ1v) is 20.9. The maximum absolute atomic E-state index is 12.6. The minimum Gasteiger partial charge on any atom is -0.462 e. The van der Waals surface area contributed by atoms with Crippen LogP contribution in [-0.4, -0.2) is 37.2 Å². The normalized spacial score (nSPS) is 12.5. The lowest BCUT2D eigenvalue weighted by Crippen LogP contribution is -2.30. The van der Waals surface area contributed by atoms with Crippen LogP contribution in [0.25, 0.3) is 0 Å². The molecule has 0 amide bonds. The number of rotatable bonds is 37. The lowest BCUT2D eigenvalue weighted by Gasteiger charge is -2.18. The maximum Gasteiger partial charge on any atom is 0.306 e. The predicted molar refractivity (Wildman–Crippen MR) is 201 cm³/mol. The van der Waals surface area contributed by atoms with Gasteiger partial charge in [0.1, 0.15) is 13.2 Å². The fraction of sp³-hybridized carbons (Fsp3) is 0.929. The summed E-state index contributed by atoms with van der Waals surface area (Å²) in [5.74, 6) is -0.0506. The Kier molecular flexibility index (Phi) is 35.5. The first-order chi connectivity index (χ1) is 23.4. The van der Waals surface area contributed by atoms with E-state index in [1.54, 1.807) is 0 Å². The van der Waals surface area contributed by atoms with E-state index < -0.39 is 6.10 Å². The first-order valence-electron chi connectivity index (χ1n) is 20.9. The third-order valence-electron chi connectivity index (χ3n) is 9.65. The Labute approximate surface area is 298 Å². The molecule has 0 heterocycles. The Balaban J connectivity index is 4.36. The Morgan fingerprint density at radius 1 is 0.417 bits per heavy atom. The summed E-state index contributed by atoms with van der Waals surface area (Å²) < 4.78 is 16.6. The quantitative estimate of drug-likeness (QED) is 0.0369. The lowest BCUT2D eigenvalue weighted by atomic mass is 10.00. The summed E-state index contributed by atoms with van der Waals surface area (Å²) in [6, 6.07) is 0. The summed E-state index contributed by atoms with van der Waals surface area (Å²) in [5.41, 5.74) is 0. The molecule has 2 atom stereocenters. The van der Waals surface area contributed by atoms with Crippen molar-refractivity contribution in [3.63, 3.8) is 0 Å². The van der Waals surface area contributed by atoms with Crippen LogP contribution in [0.5, 0.6) is 0 Å². The lowest BCUT2D eigenvalue weighted by molar-refractivity contribution is -0.167. The molecular formula is C42H80O6. The summed E-state index contributed by atoms with van der Waals surface area (Å²) in [5, 5.41) is 0.